The molecule has 0 N–H and O–H groups in total. The number of hydrogen-bond donors (Lipinski definition) is 0. The molecule has 0 fully saturated rings. The maximum absolute atomic E-state index is 3.96. The van der Waals surface area contributed by atoms with Crippen molar-refractivity contribution in [2.24, 2.45) is 11.8 Å². The summed E-state index contributed by atoms with van der Waals surface area (Å²) >= 11 is 0. The van der Waals surface area contributed by atoms with E-state index < -0.39 is 0 Å². The molecule has 0 aliphatic rings. The van der Waals surface area contributed by atoms with E-state index in [2.05, 4.69) is 94.7 Å². The minimum absolute atomic E-state index is 0.320. The maximum Gasteiger partial charge on any atom is 0.00414 e. The molecule has 0 heterocycles. The van der Waals surface area contributed by atoms with E-state index in [1.807, 2.05) is 19.1 Å². The van der Waals surface area contributed by atoms with Gasteiger partial charge in [-0.1, -0.05) is 84.1 Å². The second-order valence-electron chi connectivity index (χ2n) is 7.61. The van der Waals surface area contributed by atoms with Crippen LogP contribution in [0.3, 0.4) is 0 Å². The molecule has 0 spiro atoms. The van der Waals surface area contributed by atoms with Crippen LogP contribution >= 0.6 is 0 Å². The van der Waals surface area contributed by atoms with Crippen molar-refractivity contribution in [1.29, 1.82) is 0 Å². The molecule has 0 aromatic rings. The molecule has 0 aliphatic heterocycles. The van der Waals surface area contributed by atoms with E-state index in [0.717, 1.165) is 38.5 Å². The summed E-state index contributed by atoms with van der Waals surface area (Å²) in [7, 11) is 0. The number of rotatable bonds is 16. The number of allylic oxidation sites excluding steroid dienone is 14. The van der Waals surface area contributed by atoms with Crippen molar-refractivity contribution in [1.82, 2.24) is 0 Å². The molecule has 0 saturated heterocycles. The van der Waals surface area contributed by atoms with Crippen molar-refractivity contribution in [2.75, 3.05) is 0 Å². The van der Waals surface area contributed by atoms with E-state index in [0.29, 0.717) is 11.8 Å². The van der Waals surface area contributed by atoms with Gasteiger partial charge in [-0.2, -0.15) is 0 Å². The lowest BCUT2D eigenvalue weighted by molar-refractivity contribution is 0.676. The zero-order chi connectivity index (χ0) is 21.7. The molecule has 0 rings (SSSR count). The molecule has 29 heavy (non-hydrogen) atoms. The van der Waals surface area contributed by atoms with Gasteiger partial charge < -0.3 is 0 Å². The largest absolute Gasteiger partial charge is 0.102 e. The molecule has 2 unspecified atom stereocenters. The fourth-order valence-electron chi connectivity index (χ4n) is 3.11. The van der Waals surface area contributed by atoms with E-state index >= 15 is 0 Å². The highest BCUT2D eigenvalue weighted by Crippen LogP contribution is 2.18. The summed E-state index contributed by atoms with van der Waals surface area (Å²) in [5.41, 5.74) is 2.97. The average molecular weight is 393 g/mol. The first kappa shape index (κ1) is 26.9. The molecule has 2 atom stereocenters. The van der Waals surface area contributed by atoms with Crippen LogP contribution < -0.4 is 0 Å². The molecular formula is C29H44. The molecule has 0 saturated carbocycles. The van der Waals surface area contributed by atoms with Crippen LogP contribution in [0.15, 0.2) is 97.2 Å². The maximum atomic E-state index is 3.96. The van der Waals surface area contributed by atoms with E-state index in [1.165, 1.54) is 17.6 Å². The molecule has 0 amide bonds. The second kappa shape index (κ2) is 19.2. The van der Waals surface area contributed by atoms with Crippen LogP contribution in [0, 0.1) is 11.8 Å². The Labute approximate surface area is 181 Å². The van der Waals surface area contributed by atoms with Gasteiger partial charge in [0.15, 0.2) is 0 Å². The highest BCUT2D eigenvalue weighted by Gasteiger charge is 2.08. The summed E-state index contributed by atoms with van der Waals surface area (Å²) < 4.78 is 0. The Hall–Kier alpha value is -2.08. The van der Waals surface area contributed by atoms with Crippen molar-refractivity contribution in [2.45, 2.75) is 72.6 Å². The number of unbranched alkanes of at least 4 members (excludes halogenated alkanes) is 1. The summed E-state index contributed by atoms with van der Waals surface area (Å²) in [6.07, 6.45) is 34.4. The van der Waals surface area contributed by atoms with Crippen molar-refractivity contribution < 1.29 is 0 Å². The Morgan fingerprint density at radius 1 is 0.655 bits per heavy atom. The predicted molar refractivity (Wildman–Crippen MR) is 135 cm³/mol. The van der Waals surface area contributed by atoms with E-state index in [1.54, 1.807) is 0 Å². The fourth-order valence-corrected chi connectivity index (χ4v) is 3.11. The van der Waals surface area contributed by atoms with Crippen LogP contribution in [0.1, 0.15) is 72.6 Å². The second-order valence-corrected chi connectivity index (χ2v) is 7.61. The lowest BCUT2D eigenvalue weighted by atomic mass is 9.91. The minimum atomic E-state index is 0.320. The fraction of sp³-hybridized carbons (Fsp3) is 0.448. The van der Waals surface area contributed by atoms with Crippen LogP contribution in [0.25, 0.3) is 0 Å². The first-order valence-corrected chi connectivity index (χ1v) is 11.2. The van der Waals surface area contributed by atoms with Crippen LogP contribution in [-0.2, 0) is 0 Å². The monoisotopic (exact) mass is 392 g/mol. The van der Waals surface area contributed by atoms with Crippen LogP contribution in [0.2, 0.25) is 0 Å². The molecule has 0 heteroatoms. The zero-order valence-corrected chi connectivity index (χ0v) is 19.4. The van der Waals surface area contributed by atoms with Crippen LogP contribution in [0.4, 0.5) is 0 Å². The molecular weight excluding hydrogens is 348 g/mol. The third-order valence-corrected chi connectivity index (χ3v) is 5.00. The van der Waals surface area contributed by atoms with Crippen molar-refractivity contribution in [3.05, 3.63) is 97.2 Å². The van der Waals surface area contributed by atoms with Gasteiger partial charge in [-0.15, -0.1) is 13.2 Å². The topological polar surface area (TPSA) is 0 Å². The predicted octanol–water partition coefficient (Wildman–Crippen LogP) is 9.48. The summed E-state index contributed by atoms with van der Waals surface area (Å²) in [6.45, 7) is 16.5. The average Bonchev–Trinajstić information content (AvgIpc) is 2.72. The highest BCUT2D eigenvalue weighted by molar-refractivity contribution is 5.12. The lowest BCUT2D eigenvalue weighted by Crippen LogP contribution is -2.04. The Balaban J connectivity index is 4.12. The third kappa shape index (κ3) is 15.5. The Bertz CT molecular complexity index is 604. The first-order chi connectivity index (χ1) is 14.1. The molecule has 160 valence electrons. The van der Waals surface area contributed by atoms with Gasteiger partial charge in [0, 0.05) is 11.8 Å². The molecule has 0 aromatic heterocycles. The van der Waals surface area contributed by atoms with Crippen LogP contribution in [0.5, 0.6) is 0 Å². The first-order valence-electron chi connectivity index (χ1n) is 11.2. The Morgan fingerprint density at radius 2 is 1.24 bits per heavy atom. The summed E-state index contributed by atoms with van der Waals surface area (Å²) in [5, 5.41) is 0. The Morgan fingerprint density at radius 3 is 1.86 bits per heavy atom. The minimum Gasteiger partial charge on any atom is -0.102 e. The highest BCUT2D eigenvalue weighted by atomic mass is 14.1. The van der Waals surface area contributed by atoms with Crippen molar-refractivity contribution in [3.63, 3.8) is 0 Å². The van der Waals surface area contributed by atoms with Gasteiger partial charge in [-0.05, 0) is 72.6 Å². The van der Waals surface area contributed by atoms with Crippen molar-refractivity contribution >= 4 is 0 Å². The van der Waals surface area contributed by atoms with Gasteiger partial charge in [0.1, 0.15) is 0 Å². The van der Waals surface area contributed by atoms with Gasteiger partial charge in [0.2, 0.25) is 0 Å². The molecule has 0 radical (unpaired) electrons. The van der Waals surface area contributed by atoms with Crippen molar-refractivity contribution in [3.8, 4) is 0 Å². The van der Waals surface area contributed by atoms with Gasteiger partial charge in [0.05, 0.1) is 0 Å². The van der Waals surface area contributed by atoms with E-state index in [4.69, 9.17) is 0 Å². The molecule has 0 aromatic carbocycles. The van der Waals surface area contributed by atoms with Gasteiger partial charge in [-0.25, -0.2) is 0 Å². The Kier molecular flexibility index (Phi) is 17.9. The molecule has 0 aliphatic carbocycles. The van der Waals surface area contributed by atoms with Gasteiger partial charge >= 0.3 is 0 Å². The summed E-state index contributed by atoms with van der Waals surface area (Å²) in [5.74, 6) is 0.650. The molecule has 0 nitrogen and oxygen atoms in total. The van der Waals surface area contributed by atoms with Gasteiger partial charge in [-0.3, -0.25) is 0 Å². The SMILES string of the molecule is C=CC(/C=C/C)C(C=C)/C=C/C/C=C(\C)CC/C=C/CC/C=C(\C)CC/C=C\C. The van der Waals surface area contributed by atoms with E-state index in [-0.39, 0.29) is 0 Å². The zero-order valence-electron chi connectivity index (χ0n) is 19.4. The van der Waals surface area contributed by atoms with E-state index in [9.17, 15) is 0 Å². The number of hydrogen-bond acceptors (Lipinski definition) is 0. The molecule has 0 bridgehead atoms. The smallest absolute Gasteiger partial charge is 0.00414 e. The summed E-state index contributed by atoms with van der Waals surface area (Å²) in [4.78, 5) is 0. The summed E-state index contributed by atoms with van der Waals surface area (Å²) in [6, 6.07) is 0. The lowest BCUT2D eigenvalue weighted by Gasteiger charge is -2.13. The van der Waals surface area contributed by atoms with Gasteiger partial charge in [0.25, 0.3) is 0 Å². The van der Waals surface area contributed by atoms with Crippen LogP contribution in [-0.4, -0.2) is 0 Å². The standard InChI is InChI=1S/C29H44/c1-7-11-15-21-26(5)22-16-13-12-14-17-23-27(6)24-18-19-25-29(10-4)28(9-3)20-8-2/h7-12,14,19-20,22,24-25,28-29H,3-4,13,15-18,21,23H2,1-2,5-6H3/b11-7-,14-12+,20-8+,25-19+,26-22+,27-24+. The normalized spacial score (nSPS) is 15.7. The quantitative estimate of drug-likeness (QED) is 0.181. The third-order valence-electron chi connectivity index (χ3n) is 5.00.